The van der Waals surface area contributed by atoms with Crippen molar-refractivity contribution < 1.29 is 13.9 Å². The molecule has 4 nitrogen and oxygen atoms in total. The minimum absolute atomic E-state index is 0.145. The Bertz CT molecular complexity index is 539. The zero-order chi connectivity index (χ0) is 14.2. The van der Waals surface area contributed by atoms with Crippen molar-refractivity contribution in [3.05, 3.63) is 58.5 Å². The van der Waals surface area contributed by atoms with Crippen LogP contribution in [0.5, 0.6) is 0 Å². The van der Waals surface area contributed by atoms with Crippen LogP contribution in [0.2, 0.25) is 0 Å². The predicted molar refractivity (Wildman–Crippen MR) is 79.5 cm³/mol. The lowest BCUT2D eigenvalue weighted by molar-refractivity contribution is 0.0933. The van der Waals surface area contributed by atoms with Gasteiger partial charge in [0.2, 0.25) is 0 Å². The number of rotatable bonds is 7. The lowest BCUT2D eigenvalue weighted by Gasteiger charge is -2.05. The average molecular weight is 338 g/mol. The molecular formula is C15H16BrNO3. The molecule has 1 amide bonds. The summed E-state index contributed by atoms with van der Waals surface area (Å²) >= 11 is 3.17. The molecule has 2 aromatic rings. The zero-order valence-corrected chi connectivity index (χ0v) is 12.6. The van der Waals surface area contributed by atoms with E-state index in [1.165, 1.54) is 6.26 Å². The third-order valence-electron chi connectivity index (χ3n) is 2.73. The first-order chi connectivity index (χ1) is 9.77. The SMILES string of the molecule is O=C(NCCCOCc1ccccc1)c1ccoc1Br. The van der Waals surface area contributed by atoms with E-state index in [1.807, 2.05) is 30.3 Å². The minimum atomic E-state index is -0.145. The Balaban J connectivity index is 1.58. The number of ether oxygens (including phenoxy) is 1. The molecule has 1 aromatic heterocycles. The smallest absolute Gasteiger partial charge is 0.255 e. The summed E-state index contributed by atoms with van der Waals surface area (Å²) in [6, 6.07) is 11.6. The maximum absolute atomic E-state index is 11.7. The second-order valence-corrected chi connectivity index (χ2v) is 4.98. The molecule has 0 radical (unpaired) electrons. The molecule has 2 rings (SSSR count). The maximum Gasteiger partial charge on any atom is 0.255 e. The van der Waals surface area contributed by atoms with Gasteiger partial charge >= 0.3 is 0 Å². The van der Waals surface area contributed by atoms with Crippen molar-refractivity contribution in [2.45, 2.75) is 13.0 Å². The number of carbonyl (C=O) groups is 1. The zero-order valence-electron chi connectivity index (χ0n) is 11.0. The van der Waals surface area contributed by atoms with Crippen LogP contribution >= 0.6 is 15.9 Å². The molecule has 1 N–H and O–H groups in total. The Morgan fingerprint density at radius 2 is 2.05 bits per heavy atom. The Labute approximate surface area is 126 Å². The van der Waals surface area contributed by atoms with E-state index in [1.54, 1.807) is 6.07 Å². The summed E-state index contributed by atoms with van der Waals surface area (Å²) in [5, 5.41) is 2.82. The van der Waals surface area contributed by atoms with Gasteiger partial charge in [-0.05, 0) is 34.0 Å². The number of nitrogens with one attached hydrogen (secondary N) is 1. The molecule has 0 unspecified atom stereocenters. The first kappa shape index (κ1) is 14.8. The Morgan fingerprint density at radius 3 is 2.75 bits per heavy atom. The van der Waals surface area contributed by atoms with Crippen molar-refractivity contribution in [3.8, 4) is 0 Å². The van der Waals surface area contributed by atoms with Gasteiger partial charge in [0.25, 0.3) is 5.91 Å². The number of hydrogen-bond acceptors (Lipinski definition) is 3. The van der Waals surface area contributed by atoms with Crippen molar-refractivity contribution in [1.82, 2.24) is 5.32 Å². The fraction of sp³-hybridized carbons (Fsp3) is 0.267. The molecule has 20 heavy (non-hydrogen) atoms. The summed E-state index contributed by atoms with van der Waals surface area (Å²) in [6.07, 6.45) is 2.25. The Hall–Kier alpha value is -1.59. The largest absolute Gasteiger partial charge is 0.457 e. The molecule has 0 aliphatic heterocycles. The van der Waals surface area contributed by atoms with Crippen LogP contribution in [0.1, 0.15) is 22.3 Å². The highest BCUT2D eigenvalue weighted by molar-refractivity contribution is 9.10. The number of benzene rings is 1. The highest BCUT2D eigenvalue weighted by Gasteiger charge is 2.11. The molecule has 0 spiro atoms. The van der Waals surface area contributed by atoms with Gasteiger partial charge in [0.15, 0.2) is 4.67 Å². The van der Waals surface area contributed by atoms with Crippen LogP contribution in [0.3, 0.4) is 0 Å². The normalized spacial score (nSPS) is 10.4. The van der Waals surface area contributed by atoms with Crippen LogP contribution in [-0.4, -0.2) is 19.1 Å². The van der Waals surface area contributed by atoms with Crippen molar-refractivity contribution in [2.75, 3.05) is 13.2 Å². The molecule has 1 heterocycles. The van der Waals surface area contributed by atoms with Crippen molar-refractivity contribution in [2.24, 2.45) is 0 Å². The number of carbonyl (C=O) groups excluding carboxylic acids is 1. The maximum atomic E-state index is 11.7. The monoisotopic (exact) mass is 337 g/mol. The van der Waals surface area contributed by atoms with Crippen molar-refractivity contribution in [1.29, 1.82) is 0 Å². The molecule has 0 aliphatic rings. The van der Waals surface area contributed by atoms with E-state index in [0.29, 0.717) is 30.0 Å². The van der Waals surface area contributed by atoms with Gasteiger partial charge in [-0.25, -0.2) is 0 Å². The Morgan fingerprint density at radius 1 is 1.25 bits per heavy atom. The second-order valence-electron chi connectivity index (χ2n) is 4.26. The van der Waals surface area contributed by atoms with Gasteiger partial charge in [-0.15, -0.1) is 0 Å². The standard InChI is InChI=1S/C15H16BrNO3/c16-14-13(7-10-20-14)15(18)17-8-4-9-19-11-12-5-2-1-3-6-12/h1-3,5-7,10H,4,8-9,11H2,(H,17,18). The molecule has 0 fully saturated rings. The van der Waals surface area contributed by atoms with Gasteiger partial charge in [0, 0.05) is 13.2 Å². The van der Waals surface area contributed by atoms with Gasteiger partial charge in [-0.3, -0.25) is 4.79 Å². The number of furan rings is 1. The summed E-state index contributed by atoms with van der Waals surface area (Å²) in [6.45, 7) is 1.79. The second kappa shape index (κ2) is 7.87. The third kappa shape index (κ3) is 4.51. The molecule has 0 saturated carbocycles. The van der Waals surface area contributed by atoms with E-state index in [0.717, 1.165) is 12.0 Å². The first-order valence-electron chi connectivity index (χ1n) is 6.40. The predicted octanol–water partition coefficient (Wildman–Crippen LogP) is 3.38. The fourth-order valence-electron chi connectivity index (χ4n) is 1.69. The lowest BCUT2D eigenvalue weighted by Crippen LogP contribution is -2.25. The lowest BCUT2D eigenvalue weighted by atomic mass is 10.2. The highest BCUT2D eigenvalue weighted by Crippen LogP contribution is 2.16. The first-order valence-corrected chi connectivity index (χ1v) is 7.19. The number of amides is 1. The molecule has 0 atom stereocenters. The number of hydrogen-bond donors (Lipinski definition) is 1. The van der Waals surface area contributed by atoms with Gasteiger partial charge in [0.05, 0.1) is 18.4 Å². The molecule has 0 aliphatic carbocycles. The molecule has 0 saturated heterocycles. The molecule has 5 heteroatoms. The van der Waals surface area contributed by atoms with Crippen LogP contribution in [-0.2, 0) is 11.3 Å². The van der Waals surface area contributed by atoms with Crippen LogP contribution in [0.4, 0.5) is 0 Å². The summed E-state index contributed by atoms with van der Waals surface area (Å²) in [7, 11) is 0. The van der Waals surface area contributed by atoms with Gasteiger partial charge in [-0.2, -0.15) is 0 Å². The average Bonchev–Trinajstić information content (AvgIpc) is 2.90. The van der Waals surface area contributed by atoms with Gasteiger partial charge in [0.1, 0.15) is 0 Å². The van der Waals surface area contributed by atoms with Crippen LogP contribution in [0, 0.1) is 0 Å². The van der Waals surface area contributed by atoms with E-state index in [-0.39, 0.29) is 5.91 Å². The van der Waals surface area contributed by atoms with E-state index in [9.17, 15) is 4.79 Å². The van der Waals surface area contributed by atoms with Gasteiger partial charge in [-0.1, -0.05) is 30.3 Å². The summed E-state index contributed by atoms with van der Waals surface area (Å²) in [5.74, 6) is -0.145. The summed E-state index contributed by atoms with van der Waals surface area (Å²) in [4.78, 5) is 11.7. The number of halogens is 1. The third-order valence-corrected chi connectivity index (χ3v) is 3.34. The van der Waals surface area contributed by atoms with Crippen LogP contribution in [0.25, 0.3) is 0 Å². The van der Waals surface area contributed by atoms with Crippen molar-refractivity contribution >= 4 is 21.8 Å². The van der Waals surface area contributed by atoms with E-state index in [4.69, 9.17) is 9.15 Å². The van der Waals surface area contributed by atoms with E-state index in [2.05, 4.69) is 21.2 Å². The topological polar surface area (TPSA) is 51.5 Å². The minimum Gasteiger partial charge on any atom is -0.457 e. The molecule has 0 bridgehead atoms. The van der Waals surface area contributed by atoms with E-state index < -0.39 is 0 Å². The highest BCUT2D eigenvalue weighted by atomic mass is 79.9. The molecular weight excluding hydrogens is 322 g/mol. The van der Waals surface area contributed by atoms with Crippen molar-refractivity contribution in [3.63, 3.8) is 0 Å². The molecule has 1 aromatic carbocycles. The van der Waals surface area contributed by atoms with Crippen LogP contribution < -0.4 is 5.32 Å². The quantitative estimate of drug-likeness (QED) is 0.788. The van der Waals surface area contributed by atoms with Gasteiger partial charge < -0.3 is 14.5 Å². The molecule has 106 valence electrons. The van der Waals surface area contributed by atoms with E-state index >= 15 is 0 Å². The fourth-order valence-corrected chi connectivity index (χ4v) is 2.11. The van der Waals surface area contributed by atoms with Crippen LogP contribution in [0.15, 0.2) is 51.7 Å². The summed E-state index contributed by atoms with van der Waals surface area (Å²) < 4.78 is 11.0. The Kier molecular flexibility index (Phi) is 5.83. The summed E-state index contributed by atoms with van der Waals surface area (Å²) in [5.41, 5.74) is 1.66.